The summed E-state index contributed by atoms with van der Waals surface area (Å²) in [5, 5.41) is 9.83. The molecule has 0 spiro atoms. The Morgan fingerprint density at radius 3 is 1.70 bits per heavy atom. The van der Waals surface area contributed by atoms with Crippen LogP contribution in [0.2, 0.25) is 0 Å². The van der Waals surface area contributed by atoms with Crippen molar-refractivity contribution in [3.8, 4) is 0 Å². The molecule has 0 aromatic carbocycles. The highest BCUT2D eigenvalue weighted by Crippen LogP contribution is 2.31. The molecule has 0 saturated carbocycles. The largest absolute Gasteiger partial charge is 0.478 e. The van der Waals surface area contributed by atoms with Gasteiger partial charge in [0.25, 0.3) is 0 Å². The normalized spacial score (nSPS) is 26.6. The lowest BCUT2D eigenvalue weighted by atomic mass is 9.91. The topological polar surface area (TPSA) is 63.4 Å². The van der Waals surface area contributed by atoms with E-state index in [2.05, 4.69) is 37.7 Å². The second-order valence-corrected chi connectivity index (χ2v) is 6.60. The van der Waals surface area contributed by atoms with Gasteiger partial charge in [0.1, 0.15) is 18.6 Å². The molecule has 114 valence electrons. The Labute approximate surface area is 121 Å². The fourth-order valence-corrected chi connectivity index (χ4v) is 2.29. The Morgan fingerprint density at radius 1 is 1.05 bits per heavy atom. The summed E-state index contributed by atoms with van der Waals surface area (Å²) >= 11 is 0. The minimum atomic E-state index is -0.757. The summed E-state index contributed by atoms with van der Waals surface area (Å²) in [6, 6.07) is 0.303. The van der Waals surface area contributed by atoms with Crippen molar-refractivity contribution < 1.29 is 14.6 Å². The number of rotatable bonds is 5. The predicted molar refractivity (Wildman–Crippen MR) is 79.2 cm³/mol. The van der Waals surface area contributed by atoms with Gasteiger partial charge in [-0.2, -0.15) is 0 Å². The molecule has 0 aromatic rings. The molecule has 0 radical (unpaired) electrons. The van der Waals surface area contributed by atoms with Crippen molar-refractivity contribution in [2.75, 3.05) is 19.8 Å². The molecule has 2 atom stereocenters. The number of aliphatic hydroxyl groups is 1. The maximum atomic E-state index is 9.83. The fourth-order valence-electron chi connectivity index (χ4n) is 2.29. The molecule has 1 N–H and O–H groups in total. The second-order valence-electron chi connectivity index (χ2n) is 6.60. The average molecular weight is 282 g/mol. The number of hydrogen-bond donors (Lipinski definition) is 1. The fraction of sp³-hybridized carbons (Fsp3) is 0.867. The van der Waals surface area contributed by atoms with Crippen LogP contribution in [0.25, 0.3) is 0 Å². The Balaban J connectivity index is 2.22. The van der Waals surface area contributed by atoms with Crippen molar-refractivity contribution in [1.82, 2.24) is 0 Å². The molecule has 5 nitrogen and oxygen atoms in total. The molecule has 0 bridgehead atoms. The predicted octanol–water partition coefficient (Wildman–Crippen LogP) is 1.89. The SMILES string of the molecule is CC(C)[C@H]1COC(C(C)(CO)C2=N[C@@H](C(C)C)CO2)=N1. The van der Waals surface area contributed by atoms with Gasteiger partial charge in [0, 0.05) is 0 Å². The summed E-state index contributed by atoms with van der Waals surface area (Å²) in [6.45, 7) is 11.4. The minimum Gasteiger partial charge on any atom is -0.478 e. The molecule has 2 heterocycles. The van der Waals surface area contributed by atoms with Crippen LogP contribution in [0.3, 0.4) is 0 Å². The van der Waals surface area contributed by atoms with E-state index in [4.69, 9.17) is 9.47 Å². The van der Waals surface area contributed by atoms with E-state index in [1.54, 1.807) is 0 Å². The smallest absolute Gasteiger partial charge is 0.201 e. The van der Waals surface area contributed by atoms with Gasteiger partial charge in [0.15, 0.2) is 0 Å². The molecule has 0 aliphatic carbocycles. The van der Waals surface area contributed by atoms with E-state index < -0.39 is 5.41 Å². The van der Waals surface area contributed by atoms with Crippen LogP contribution in [0.1, 0.15) is 34.6 Å². The van der Waals surface area contributed by atoms with Crippen molar-refractivity contribution >= 4 is 11.8 Å². The molecule has 0 saturated heterocycles. The maximum absolute atomic E-state index is 9.83. The first-order valence-electron chi connectivity index (χ1n) is 7.41. The molecule has 20 heavy (non-hydrogen) atoms. The zero-order valence-electron chi connectivity index (χ0n) is 13.1. The van der Waals surface area contributed by atoms with Crippen molar-refractivity contribution in [1.29, 1.82) is 0 Å². The van der Waals surface area contributed by atoms with E-state index in [1.165, 1.54) is 0 Å². The highest BCUT2D eigenvalue weighted by atomic mass is 16.5. The summed E-state index contributed by atoms with van der Waals surface area (Å²) < 4.78 is 11.4. The van der Waals surface area contributed by atoms with Gasteiger partial charge in [0.05, 0.1) is 18.7 Å². The third-order valence-electron chi connectivity index (χ3n) is 4.15. The van der Waals surface area contributed by atoms with Gasteiger partial charge in [-0.25, -0.2) is 9.98 Å². The standard InChI is InChI=1S/C15H26N2O3/c1-9(2)11-6-19-13(16-11)15(5,8-18)14-17-12(7-20-14)10(3)4/h9-12,18H,6-8H2,1-5H3/t11-,12-/m1/s1. The van der Waals surface area contributed by atoms with E-state index in [0.29, 0.717) is 36.8 Å². The molecule has 0 fully saturated rings. The van der Waals surface area contributed by atoms with Crippen LogP contribution in [0.4, 0.5) is 0 Å². The summed E-state index contributed by atoms with van der Waals surface area (Å²) in [6.07, 6.45) is 0. The average Bonchev–Trinajstić information content (AvgIpc) is 3.07. The van der Waals surface area contributed by atoms with Crippen LogP contribution >= 0.6 is 0 Å². The van der Waals surface area contributed by atoms with Crippen LogP contribution in [-0.2, 0) is 9.47 Å². The molecule has 2 rings (SSSR count). The van der Waals surface area contributed by atoms with Gasteiger partial charge >= 0.3 is 0 Å². The van der Waals surface area contributed by atoms with Crippen molar-refractivity contribution in [2.45, 2.75) is 46.7 Å². The van der Waals surface area contributed by atoms with Crippen LogP contribution in [0.15, 0.2) is 9.98 Å². The zero-order chi connectivity index (χ0) is 14.9. The molecule has 0 unspecified atom stereocenters. The van der Waals surface area contributed by atoms with Crippen LogP contribution in [0, 0.1) is 17.3 Å². The number of nitrogens with zero attached hydrogens (tertiary/aromatic N) is 2. The van der Waals surface area contributed by atoms with Crippen LogP contribution in [0.5, 0.6) is 0 Å². The number of aliphatic imine (C=N–C) groups is 2. The van der Waals surface area contributed by atoms with Crippen LogP contribution < -0.4 is 0 Å². The lowest BCUT2D eigenvalue weighted by molar-refractivity contribution is 0.182. The molecule has 0 aromatic heterocycles. The Hall–Kier alpha value is -1.10. The van der Waals surface area contributed by atoms with Crippen molar-refractivity contribution in [2.24, 2.45) is 27.2 Å². The van der Waals surface area contributed by atoms with Crippen molar-refractivity contribution in [3.63, 3.8) is 0 Å². The maximum Gasteiger partial charge on any atom is 0.201 e. The van der Waals surface area contributed by atoms with Gasteiger partial charge in [-0.1, -0.05) is 27.7 Å². The first-order valence-corrected chi connectivity index (χ1v) is 7.41. The zero-order valence-corrected chi connectivity index (χ0v) is 13.1. The van der Waals surface area contributed by atoms with E-state index >= 15 is 0 Å². The first-order chi connectivity index (χ1) is 9.38. The Kier molecular flexibility index (Phi) is 4.37. The summed E-state index contributed by atoms with van der Waals surface area (Å²) in [5.41, 5.74) is -0.757. The van der Waals surface area contributed by atoms with Crippen molar-refractivity contribution in [3.05, 3.63) is 0 Å². The van der Waals surface area contributed by atoms with Crippen LogP contribution in [-0.4, -0.2) is 48.8 Å². The van der Waals surface area contributed by atoms with E-state index in [-0.39, 0.29) is 18.7 Å². The number of hydrogen-bond acceptors (Lipinski definition) is 5. The number of ether oxygens (including phenoxy) is 2. The molecule has 2 aliphatic heterocycles. The molecule has 0 amide bonds. The lowest BCUT2D eigenvalue weighted by Crippen LogP contribution is -2.40. The van der Waals surface area contributed by atoms with E-state index in [0.717, 1.165) is 0 Å². The highest BCUT2D eigenvalue weighted by molar-refractivity contribution is 6.06. The Morgan fingerprint density at radius 2 is 1.45 bits per heavy atom. The molecular formula is C15H26N2O3. The van der Waals surface area contributed by atoms with Gasteiger partial charge in [-0.15, -0.1) is 0 Å². The summed E-state index contributed by atoms with van der Waals surface area (Å²) in [7, 11) is 0. The Bertz CT molecular complexity index is 381. The quantitative estimate of drug-likeness (QED) is 0.837. The molecular weight excluding hydrogens is 256 g/mol. The third kappa shape index (κ3) is 2.68. The van der Waals surface area contributed by atoms with Gasteiger partial charge in [0.2, 0.25) is 11.8 Å². The first kappa shape index (κ1) is 15.3. The van der Waals surface area contributed by atoms with Gasteiger partial charge in [-0.3, -0.25) is 0 Å². The second kappa shape index (κ2) is 5.72. The minimum absolute atomic E-state index is 0.111. The summed E-state index contributed by atoms with van der Waals surface area (Å²) in [4.78, 5) is 9.24. The van der Waals surface area contributed by atoms with Gasteiger partial charge in [-0.05, 0) is 18.8 Å². The highest BCUT2D eigenvalue weighted by Gasteiger charge is 2.45. The lowest BCUT2D eigenvalue weighted by Gasteiger charge is -2.25. The van der Waals surface area contributed by atoms with E-state index in [9.17, 15) is 5.11 Å². The third-order valence-corrected chi connectivity index (χ3v) is 4.15. The summed E-state index contributed by atoms with van der Waals surface area (Å²) in [5.74, 6) is 1.96. The van der Waals surface area contributed by atoms with Gasteiger partial charge < -0.3 is 14.6 Å². The molecule has 2 aliphatic rings. The monoisotopic (exact) mass is 282 g/mol. The van der Waals surface area contributed by atoms with E-state index in [1.807, 2.05) is 6.92 Å². The molecule has 5 heteroatoms. The number of aliphatic hydroxyl groups excluding tert-OH is 1.